The molecule has 148 valence electrons. The molecule has 2 aliphatic rings. The minimum atomic E-state index is -0.331. The van der Waals surface area contributed by atoms with Crippen LogP contribution in [0.15, 0.2) is 48.1 Å². The van der Waals surface area contributed by atoms with Crippen LogP contribution in [0, 0.1) is 6.92 Å². The highest BCUT2D eigenvalue weighted by Crippen LogP contribution is 2.30. The van der Waals surface area contributed by atoms with Gasteiger partial charge in [0.2, 0.25) is 5.91 Å². The van der Waals surface area contributed by atoms with Crippen LogP contribution in [0.3, 0.4) is 0 Å². The highest BCUT2D eigenvalue weighted by atomic mass is 16.2. The van der Waals surface area contributed by atoms with E-state index >= 15 is 0 Å². The Labute approximate surface area is 168 Å². The molecule has 0 saturated carbocycles. The molecule has 0 saturated heterocycles. The lowest BCUT2D eigenvalue weighted by atomic mass is 10.0. The zero-order valence-corrected chi connectivity index (χ0v) is 16.3. The number of carbonyl (C=O) groups excluding carboxylic acids is 3. The summed E-state index contributed by atoms with van der Waals surface area (Å²) in [4.78, 5) is 48.1. The molecule has 1 aromatic heterocycles. The minimum Gasteiger partial charge on any atom is -0.357 e. The number of imide groups is 1. The van der Waals surface area contributed by atoms with Gasteiger partial charge in [-0.15, -0.1) is 0 Å². The first-order chi connectivity index (χ1) is 14.0. The number of anilines is 1. The first-order valence-corrected chi connectivity index (χ1v) is 9.43. The Kier molecular flexibility index (Phi) is 4.84. The van der Waals surface area contributed by atoms with Gasteiger partial charge in [0.05, 0.1) is 6.54 Å². The number of hydrogen-bond acceptors (Lipinski definition) is 6. The average Bonchev–Trinajstić information content (AvgIpc) is 2.94. The number of aromatic nitrogens is 2. The van der Waals surface area contributed by atoms with Crippen molar-refractivity contribution in [1.82, 2.24) is 19.8 Å². The van der Waals surface area contributed by atoms with Gasteiger partial charge < -0.3 is 10.2 Å². The maximum absolute atomic E-state index is 12.5. The van der Waals surface area contributed by atoms with Gasteiger partial charge in [-0.25, -0.2) is 9.97 Å². The second-order valence-corrected chi connectivity index (χ2v) is 7.17. The third-order valence-corrected chi connectivity index (χ3v) is 5.25. The lowest BCUT2D eigenvalue weighted by molar-refractivity contribution is -0.136. The van der Waals surface area contributed by atoms with Crippen molar-refractivity contribution in [2.45, 2.75) is 19.8 Å². The van der Waals surface area contributed by atoms with Crippen LogP contribution in [0.5, 0.6) is 0 Å². The first-order valence-electron chi connectivity index (χ1n) is 9.43. The van der Waals surface area contributed by atoms with E-state index in [1.807, 2.05) is 31.2 Å². The van der Waals surface area contributed by atoms with Crippen LogP contribution in [-0.2, 0) is 14.4 Å². The van der Waals surface area contributed by atoms with E-state index in [1.165, 1.54) is 13.4 Å². The van der Waals surface area contributed by atoms with Gasteiger partial charge in [-0.05, 0) is 37.5 Å². The molecule has 8 heteroatoms. The molecule has 0 bridgehead atoms. The molecule has 4 rings (SSSR count). The van der Waals surface area contributed by atoms with Crippen molar-refractivity contribution in [2.24, 2.45) is 0 Å². The lowest BCUT2D eigenvalue weighted by Crippen LogP contribution is -2.38. The fourth-order valence-electron chi connectivity index (χ4n) is 3.73. The van der Waals surface area contributed by atoms with Gasteiger partial charge in [0.15, 0.2) is 0 Å². The predicted molar refractivity (Wildman–Crippen MR) is 106 cm³/mol. The van der Waals surface area contributed by atoms with E-state index in [0.717, 1.165) is 28.1 Å². The maximum Gasteiger partial charge on any atom is 0.277 e. The zero-order valence-electron chi connectivity index (χ0n) is 16.3. The summed E-state index contributed by atoms with van der Waals surface area (Å²) in [6.45, 7) is 2.52. The monoisotopic (exact) mass is 391 g/mol. The molecule has 0 fully saturated rings. The van der Waals surface area contributed by atoms with E-state index in [-0.39, 0.29) is 24.3 Å². The lowest BCUT2D eigenvalue weighted by Gasteiger charge is -2.28. The third kappa shape index (κ3) is 3.49. The Balaban J connectivity index is 1.44. The van der Waals surface area contributed by atoms with Crippen molar-refractivity contribution in [3.05, 3.63) is 53.8 Å². The second-order valence-electron chi connectivity index (χ2n) is 7.17. The Morgan fingerprint density at radius 2 is 1.93 bits per heavy atom. The van der Waals surface area contributed by atoms with Crippen molar-refractivity contribution in [3.8, 4) is 11.1 Å². The molecule has 2 aromatic rings. The molecule has 29 heavy (non-hydrogen) atoms. The number of carbonyl (C=O) groups is 3. The fraction of sp³-hybridized carbons (Fsp3) is 0.286. The van der Waals surface area contributed by atoms with Crippen molar-refractivity contribution in [2.75, 3.05) is 25.5 Å². The summed E-state index contributed by atoms with van der Waals surface area (Å²) in [7, 11) is 1.47. The summed E-state index contributed by atoms with van der Waals surface area (Å²) in [5, 5.41) is 2.86. The molecule has 0 atom stereocenters. The summed E-state index contributed by atoms with van der Waals surface area (Å²) in [6.07, 6.45) is 4.59. The normalized spacial score (nSPS) is 16.3. The van der Waals surface area contributed by atoms with Gasteiger partial charge in [-0.2, -0.15) is 0 Å². The molecular weight excluding hydrogens is 370 g/mol. The Hall–Kier alpha value is -3.55. The van der Waals surface area contributed by atoms with Crippen LogP contribution < -0.4 is 5.32 Å². The van der Waals surface area contributed by atoms with Crippen molar-refractivity contribution in [3.63, 3.8) is 0 Å². The molecule has 2 aliphatic heterocycles. The molecule has 0 radical (unpaired) electrons. The minimum absolute atomic E-state index is 0.0269. The van der Waals surface area contributed by atoms with Crippen LogP contribution in [0.2, 0.25) is 0 Å². The number of hydrogen-bond donors (Lipinski definition) is 1. The van der Waals surface area contributed by atoms with Crippen LogP contribution in [-0.4, -0.2) is 57.6 Å². The summed E-state index contributed by atoms with van der Waals surface area (Å²) in [5.41, 5.74) is 4.32. The highest BCUT2D eigenvalue weighted by molar-refractivity contribution is 6.19. The summed E-state index contributed by atoms with van der Waals surface area (Å²) >= 11 is 0. The van der Waals surface area contributed by atoms with Gasteiger partial charge in [0.1, 0.15) is 12.0 Å². The Morgan fingerprint density at radius 3 is 2.66 bits per heavy atom. The number of benzene rings is 1. The summed E-state index contributed by atoms with van der Waals surface area (Å²) < 4.78 is 0. The maximum atomic E-state index is 12.5. The number of likely N-dealkylation sites (N-methyl/N-ethyl adjacent to an activating group) is 1. The zero-order chi connectivity index (χ0) is 20.5. The molecule has 0 spiro atoms. The van der Waals surface area contributed by atoms with E-state index in [4.69, 9.17) is 0 Å². The predicted octanol–water partition coefficient (Wildman–Crippen LogP) is 1.74. The van der Waals surface area contributed by atoms with E-state index in [2.05, 4.69) is 15.3 Å². The van der Waals surface area contributed by atoms with E-state index in [1.54, 1.807) is 11.1 Å². The average molecular weight is 391 g/mol. The largest absolute Gasteiger partial charge is 0.357 e. The van der Waals surface area contributed by atoms with Crippen LogP contribution in [0.1, 0.15) is 18.5 Å². The van der Waals surface area contributed by atoms with Gasteiger partial charge in [0.25, 0.3) is 11.8 Å². The highest BCUT2D eigenvalue weighted by Gasteiger charge is 2.40. The van der Waals surface area contributed by atoms with Gasteiger partial charge in [-0.1, -0.05) is 12.1 Å². The van der Waals surface area contributed by atoms with Crippen molar-refractivity contribution < 1.29 is 14.4 Å². The molecule has 3 amide bonds. The SMILES string of the molecule is Cc1ncncc1-c1ccc(NC(=O)CN2CCCC3=C2C(=O)N(C)C3=O)cc1. The molecule has 3 heterocycles. The van der Waals surface area contributed by atoms with Gasteiger partial charge >= 0.3 is 0 Å². The molecule has 0 aliphatic carbocycles. The number of rotatable bonds is 4. The van der Waals surface area contributed by atoms with E-state index in [0.29, 0.717) is 29.9 Å². The summed E-state index contributed by atoms with van der Waals surface area (Å²) in [5.74, 6) is -0.825. The Morgan fingerprint density at radius 1 is 1.17 bits per heavy atom. The van der Waals surface area contributed by atoms with Crippen molar-refractivity contribution >= 4 is 23.4 Å². The summed E-state index contributed by atoms with van der Waals surface area (Å²) in [6, 6.07) is 7.44. The topological polar surface area (TPSA) is 95.5 Å². The molecule has 1 aromatic carbocycles. The van der Waals surface area contributed by atoms with Crippen LogP contribution >= 0.6 is 0 Å². The number of aryl methyl sites for hydroxylation is 1. The van der Waals surface area contributed by atoms with E-state index in [9.17, 15) is 14.4 Å². The van der Waals surface area contributed by atoms with Gasteiger partial charge in [-0.3, -0.25) is 19.3 Å². The van der Waals surface area contributed by atoms with Crippen LogP contribution in [0.4, 0.5) is 5.69 Å². The second kappa shape index (κ2) is 7.46. The quantitative estimate of drug-likeness (QED) is 0.798. The Bertz CT molecular complexity index is 1030. The third-order valence-electron chi connectivity index (χ3n) is 5.25. The number of nitrogens with one attached hydrogen (secondary N) is 1. The molecule has 8 nitrogen and oxygen atoms in total. The van der Waals surface area contributed by atoms with Crippen LogP contribution in [0.25, 0.3) is 11.1 Å². The smallest absolute Gasteiger partial charge is 0.277 e. The number of nitrogens with zero attached hydrogens (tertiary/aromatic N) is 4. The first kappa shape index (κ1) is 18.8. The van der Waals surface area contributed by atoms with E-state index < -0.39 is 0 Å². The molecular formula is C21H21N5O3. The van der Waals surface area contributed by atoms with Crippen molar-refractivity contribution in [1.29, 1.82) is 0 Å². The standard InChI is InChI=1S/C21H21N5O3/c1-13-17(10-22-12-23-13)14-5-7-15(8-6-14)24-18(27)11-26-9-3-4-16-19(26)21(29)25(2)20(16)28/h5-8,10,12H,3-4,9,11H2,1-2H3,(H,24,27). The molecule has 1 N–H and O–H groups in total. The fourth-order valence-corrected chi connectivity index (χ4v) is 3.73. The molecule has 0 unspecified atom stereocenters. The number of amides is 3. The van der Waals surface area contributed by atoms with Gasteiger partial charge in [0, 0.05) is 42.3 Å².